The Kier molecular flexibility index (Phi) is 4.64. The minimum absolute atomic E-state index is 0.127. The average molecular weight is 334 g/mol. The SMILES string of the molecule is Cn1ccc(-c2ccc(Cl)cc2NCC2(C)CCC(O)CC2)n1. The van der Waals surface area contributed by atoms with E-state index < -0.39 is 0 Å². The molecule has 2 N–H and O–H groups in total. The largest absolute Gasteiger partial charge is 0.393 e. The van der Waals surface area contributed by atoms with Gasteiger partial charge in [0.05, 0.1) is 11.8 Å². The number of anilines is 1. The Morgan fingerprint density at radius 1 is 1.35 bits per heavy atom. The summed E-state index contributed by atoms with van der Waals surface area (Å²) in [7, 11) is 1.92. The van der Waals surface area contributed by atoms with Crippen LogP contribution in [-0.4, -0.2) is 27.5 Å². The van der Waals surface area contributed by atoms with E-state index in [1.54, 1.807) is 4.68 Å². The summed E-state index contributed by atoms with van der Waals surface area (Å²) in [6.07, 6.45) is 5.68. The molecule has 3 rings (SSSR count). The second kappa shape index (κ2) is 6.54. The summed E-state index contributed by atoms with van der Waals surface area (Å²) in [5.74, 6) is 0. The lowest BCUT2D eigenvalue weighted by molar-refractivity contribution is 0.0773. The fourth-order valence-corrected chi connectivity index (χ4v) is 3.40. The molecule has 124 valence electrons. The summed E-state index contributed by atoms with van der Waals surface area (Å²) in [6, 6.07) is 7.88. The molecule has 5 heteroatoms. The second-order valence-electron chi connectivity index (χ2n) is 6.96. The minimum Gasteiger partial charge on any atom is -0.393 e. The Bertz CT molecular complexity index is 675. The Morgan fingerprint density at radius 2 is 2.09 bits per heavy atom. The van der Waals surface area contributed by atoms with E-state index >= 15 is 0 Å². The van der Waals surface area contributed by atoms with Crippen molar-refractivity contribution < 1.29 is 5.11 Å². The first-order chi connectivity index (χ1) is 11.0. The summed E-state index contributed by atoms with van der Waals surface area (Å²) in [5, 5.41) is 18.5. The number of nitrogens with zero attached hydrogens (tertiary/aromatic N) is 2. The predicted octanol–water partition coefficient (Wildman–Crippen LogP) is 4.09. The van der Waals surface area contributed by atoms with Crippen LogP contribution in [0.3, 0.4) is 0 Å². The molecule has 1 aliphatic carbocycles. The number of benzene rings is 1. The lowest BCUT2D eigenvalue weighted by atomic mass is 9.74. The van der Waals surface area contributed by atoms with Crippen LogP contribution in [0.4, 0.5) is 5.69 Å². The molecular formula is C18H24ClN3O. The predicted molar refractivity (Wildman–Crippen MR) is 94.7 cm³/mol. The van der Waals surface area contributed by atoms with Crippen molar-refractivity contribution in [2.75, 3.05) is 11.9 Å². The first kappa shape index (κ1) is 16.3. The summed E-state index contributed by atoms with van der Waals surface area (Å²) in [4.78, 5) is 0. The van der Waals surface area contributed by atoms with Gasteiger partial charge in [0.25, 0.3) is 0 Å². The van der Waals surface area contributed by atoms with Gasteiger partial charge < -0.3 is 10.4 Å². The van der Waals surface area contributed by atoms with Gasteiger partial charge in [-0.1, -0.05) is 18.5 Å². The van der Waals surface area contributed by atoms with Crippen LogP contribution in [0.2, 0.25) is 5.02 Å². The average Bonchev–Trinajstić information content (AvgIpc) is 2.95. The lowest BCUT2D eigenvalue weighted by Gasteiger charge is -2.36. The third kappa shape index (κ3) is 3.88. The molecule has 1 fully saturated rings. The molecule has 0 bridgehead atoms. The Morgan fingerprint density at radius 3 is 2.74 bits per heavy atom. The number of rotatable bonds is 4. The molecule has 0 aliphatic heterocycles. The molecular weight excluding hydrogens is 310 g/mol. The van der Waals surface area contributed by atoms with Crippen molar-refractivity contribution >= 4 is 17.3 Å². The van der Waals surface area contributed by atoms with Gasteiger partial charge in [0, 0.05) is 36.1 Å². The van der Waals surface area contributed by atoms with Crippen molar-refractivity contribution in [2.45, 2.75) is 38.7 Å². The number of halogens is 1. The van der Waals surface area contributed by atoms with Gasteiger partial charge in [-0.2, -0.15) is 5.10 Å². The van der Waals surface area contributed by atoms with Gasteiger partial charge in [0.1, 0.15) is 0 Å². The van der Waals surface area contributed by atoms with E-state index in [9.17, 15) is 5.11 Å². The van der Waals surface area contributed by atoms with E-state index in [0.717, 1.165) is 54.2 Å². The number of aryl methyl sites for hydroxylation is 1. The van der Waals surface area contributed by atoms with E-state index in [0.29, 0.717) is 0 Å². The summed E-state index contributed by atoms with van der Waals surface area (Å²) < 4.78 is 1.80. The highest BCUT2D eigenvalue weighted by Crippen LogP contribution is 2.37. The molecule has 0 spiro atoms. The topological polar surface area (TPSA) is 50.1 Å². The molecule has 2 aromatic rings. The first-order valence-electron chi connectivity index (χ1n) is 8.17. The van der Waals surface area contributed by atoms with Gasteiger partial charge in [-0.3, -0.25) is 4.68 Å². The zero-order valence-corrected chi connectivity index (χ0v) is 14.5. The van der Waals surface area contributed by atoms with Gasteiger partial charge in [0.2, 0.25) is 0 Å². The van der Waals surface area contributed by atoms with Crippen molar-refractivity contribution in [3.8, 4) is 11.3 Å². The van der Waals surface area contributed by atoms with Crippen LogP contribution in [0.1, 0.15) is 32.6 Å². The highest BCUT2D eigenvalue weighted by atomic mass is 35.5. The molecule has 1 saturated carbocycles. The third-order valence-corrected chi connectivity index (χ3v) is 5.07. The Labute approximate surface area is 142 Å². The van der Waals surface area contributed by atoms with Crippen LogP contribution in [0.15, 0.2) is 30.5 Å². The molecule has 0 unspecified atom stereocenters. The molecule has 1 aromatic carbocycles. The van der Waals surface area contributed by atoms with Gasteiger partial charge >= 0.3 is 0 Å². The maximum Gasteiger partial charge on any atom is 0.0943 e. The highest BCUT2D eigenvalue weighted by molar-refractivity contribution is 6.31. The van der Waals surface area contributed by atoms with E-state index in [2.05, 4.69) is 17.3 Å². The fourth-order valence-electron chi connectivity index (χ4n) is 3.23. The van der Waals surface area contributed by atoms with Crippen molar-refractivity contribution in [1.29, 1.82) is 0 Å². The number of aliphatic hydroxyl groups is 1. The van der Waals surface area contributed by atoms with Crippen LogP contribution in [0.5, 0.6) is 0 Å². The standard InChI is InChI=1S/C18H24ClN3O/c1-18(8-5-14(23)6-9-18)12-20-17-11-13(19)3-4-15(17)16-7-10-22(2)21-16/h3-4,7,10-11,14,20,23H,5-6,8-9,12H2,1-2H3. The number of aromatic nitrogens is 2. The number of hydrogen-bond acceptors (Lipinski definition) is 3. The van der Waals surface area contributed by atoms with Gasteiger partial charge in [0.15, 0.2) is 0 Å². The molecule has 1 aromatic heterocycles. The number of aliphatic hydroxyl groups excluding tert-OH is 1. The van der Waals surface area contributed by atoms with Crippen LogP contribution in [-0.2, 0) is 7.05 Å². The molecule has 0 atom stereocenters. The zero-order chi connectivity index (χ0) is 16.4. The third-order valence-electron chi connectivity index (χ3n) is 4.84. The zero-order valence-electron chi connectivity index (χ0n) is 13.7. The molecule has 0 amide bonds. The maximum atomic E-state index is 9.71. The van der Waals surface area contributed by atoms with E-state index in [1.807, 2.05) is 37.5 Å². The van der Waals surface area contributed by atoms with Crippen molar-refractivity contribution in [3.63, 3.8) is 0 Å². The molecule has 23 heavy (non-hydrogen) atoms. The van der Waals surface area contributed by atoms with Crippen LogP contribution in [0, 0.1) is 5.41 Å². The lowest BCUT2D eigenvalue weighted by Crippen LogP contribution is -2.33. The molecule has 1 aliphatic rings. The second-order valence-corrected chi connectivity index (χ2v) is 7.40. The molecule has 1 heterocycles. The van der Waals surface area contributed by atoms with Crippen LogP contribution < -0.4 is 5.32 Å². The van der Waals surface area contributed by atoms with E-state index in [-0.39, 0.29) is 11.5 Å². The maximum absolute atomic E-state index is 9.71. The normalized spacial score (nSPS) is 24.6. The van der Waals surface area contributed by atoms with Crippen molar-refractivity contribution in [1.82, 2.24) is 9.78 Å². The Hall–Kier alpha value is -1.52. The van der Waals surface area contributed by atoms with Gasteiger partial charge in [-0.05, 0) is 55.4 Å². The fraction of sp³-hybridized carbons (Fsp3) is 0.500. The van der Waals surface area contributed by atoms with E-state index in [4.69, 9.17) is 11.6 Å². The minimum atomic E-state index is -0.127. The quantitative estimate of drug-likeness (QED) is 0.885. The molecule has 0 saturated heterocycles. The number of nitrogens with one attached hydrogen (secondary N) is 1. The van der Waals surface area contributed by atoms with Crippen molar-refractivity contribution in [3.05, 3.63) is 35.5 Å². The monoisotopic (exact) mass is 333 g/mol. The van der Waals surface area contributed by atoms with Gasteiger partial charge in [-0.25, -0.2) is 0 Å². The number of hydrogen-bond donors (Lipinski definition) is 2. The first-order valence-corrected chi connectivity index (χ1v) is 8.54. The Balaban J connectivity index is 1.78. The summed E-state index contributed by atoms with van der Waals surface area (Å²) in [5.41, 5.74) is 3.23. The molecule has 0 radical (unpaired) electrons. The smallest absolute Gasteiger partial charge is 0.0943 e. The summed E-state index contributed by atoms with van der Waals surface area (Å²) in [6.45, 7) is 3.16. The van der Waals surface area contributed by atoms with Crippen molar-refractivity contribution in [2.24, 2.45) is 12.5 Å². The van der Waals surface area contributed by atoms with Crippen LogP contribution in [0.25, 0.3) is 11.3 Å². The highest BCUT2D eigenvalue weighted by Gasteiger charge is 2.30. The van der Waals surface area contributed by atoms with Gasteiger partial charge in [-0.15, -0.1) is 0 Å². The summed E-state index contributed by atoms with van der Waals surface area (Å²) >= 11 is 6.19. The van der Waals surface area contributed by atoms with E-state index in [1.165, 1.54) is 0 Å². The van der Waals surface area contributed by atoms with Crippen LogP contribution >= 0.6 is 11.6 Å². The molecule has 4 nitrogen and oxygen atoms in total.